The van der Waals surface area contributed by atoms with Crippen LogP contribution in [0.3, 0.4) is 0 Å². The molecule has 1 aliphatic rings. The van der Waals surface area contributed by atoms with Gasteiger partial charge in [0.2, 0.25) is 0 Å². The summed E-state index contributed by atoms with van der Waals surface area (Å²) in [5.74, 6) is 1.76. The molecule has 2 aromatic carbocycles. The molecule has 0 aliphatic carbocycles. The molecule has 0 bridgehead atoms. The standard InChI is InChI=1S/C22H27FN2O4/c1-27-20-13-16-9-11-25(15-17(16)14-21(20)28-2)22(26)24-10-3-4-12-29-19-7-5-18(23)6-8-19/h5-8,13-14H,3-4,9-12,15H2,1-2H3,(H,24,26). The molecule has 0 unspecified atom stereocenters. The van der Waals surface area contributed by atoms with Gasteiger partial charge in [0.1, 0.15) is 11.6 Å². The quantitative estimate of drug-likeness (QED) is 0.683. The molecular weight excluding hydrogens is 375 g/mol. The minimum atomic E-state index is -0.280. The molecule has 3 rings (SSSR count). The van der Waals surface area contributed by atoms with Crippen LogP contribution in [0.1, 0.15) is 24.0 Å². The smallest absolute Gasteiger partial charge is 0.317 e. The van der Waals surface area contributed by atoms with E-state index in [2.05, 4.69) is 5.32 Å². The molecule has 0 spiro atoms. The third-order valence-corrected chi connectivity index (χ3v) is 4.93. The zero-order chi connectivity index (χ0) is 20.6. The fourth-order valence-electron chi connectivity index (χ4n) is 3.31. The average Bonchev–Trinajstić information content (AvgIpc) is 2.75. The first kappa shape index (κ1) is 20.8. The number of carbonyl (C=O) groups is 1. The Hall–Kier alpha value is -2.96. The number of rotatable bonds is 8. The lowest BCUT2D eigenvalue weighted by molar-refractivity contribution is 0.191. The van der Waals surface area contributed by atoms with Gasteiger partial charge in [-0.3, -0.25) is 0 Å². The van der Waals surface area contributed by atoms with E-state index in [9.17, 15) is 9.18 Å². The summed E-state index contributed by atoms with van der Waals surface area (Å²) in [6.45, 7) is 2.33. The summed E-state index contributed by atoms with van der Waals surface area (Å²) < 4.78 is 29.1. The fraction of sp³-hybridized carbons (Fsp3) is 0.409. The molecule has 156 valence electrons. The van der Waals surface area contributed by atoms with Crippen LogP contribution in [0.2, 0.25) is 0 Å². The fourth-order valence-corrected chi connectivity index (χ4v) is 3.31. The second-order valence-electron chi connectivity index (χ2n) is 6.89. The lowest BCUT2D eigenvalue weighted by Crippen LogP contribution is -2.43. The molecule has 0 aromatic heterocycles. The lowest BCUT2D eigenvalue weighted by Gasteiger charge is -2.29. The van der Waals surface area contributed by atoms with E-state index in [1.807, 2.05) is 17.0 Å². The van der Waals surface area contributed by atoms with E-state index in [1.165, 1.54) is 17.7 Å². The minimum Gasteiger partial charge on any atom is -0.494 e. The van der Waals surface area contributed by atoms with Crippen LogP contribution in [-0.4, -0.2) is 44.8 Å². The third-order valence-electron chi connectivity index (χ3n) is 4.93. The van der Waals surface area contributed by atoms with Crippen LogP contribution < -0.4 is 19.5 Å². The molecule has 1 N–H and O–H groups in total. The second kappa shape index (κ2) is 10.0. The van der Waals surface area contributed by atoms with Crippen molar-refractivity contribution in [2.45, 2.75) is 25.8 Å². The number of benzene rings is 2. The molecule has 29 heavy (non-hydrogen) atoms. The summed E-state index contributed by atoms with van der Waals surface area (Å²) in [6, 6.07) is 9.83. The first-order valence-corrected chi connectivity index (χ1v) is 9.75. The summed E-state index contributed by atoms with van der Waals surface area (Å²) in [6.07, 6.45) is 2.40. The lowest BCUT2D eigenvalue weighted by atomic mass is 9.99. The van der Waals surface area contributed by atoms with Gasteiger partial charge in [0.05, 0.1) is 20.8 Å². The zero-order valence-electron chi connectivity index (χ0n) is 16.9. The first-order valence-electron chi connectivity index (χ1n) is 9.75. The van der Waals surface area contributed by atoms with Gasteiger partial charge in [-0.1, -0.05) is 0 Å². The van der Waals surface area contributed by atoms with E-state index in [0.29, 0.717) is 43.5 Å². The van der Waals surface area contributed by atoms with Crippen molar-refractivity contribution in [3.05, 3.63) is 53.3 Å². The molecule has 1 aliphatic heterocycles. The largest absolute Gasteiger partial charge is 0.494 e. The maximum Gasteiger partial charge on any atom is 0.317 e. The minimum absolute atomic E-state index is 0.0649. The van der Waals surface area contributed by atoms with E-state index in [0.717, 1.165) is 24.8 Å². The van der Waals surface area contributed by atoms with Gasteiger partial charge in [-0.25, -0.2) is 9.18 Å². The molecule has 0 fully saturated rings. The van der Waals surface area contributed by atoms with Gasteiger partial charge in [0.15, 0.2) is 11.5 Å². The highest BCUT2D eigenvalue weighted by Crippen LogP contribution is 2.33. The summed E-state index contributed by atoms with van der Waals surface area (Å²) in [4.78, 5) is 14.3. The van der Waals surface area contributed by atoms with Crippen molar-refractivity contribution in [1.82, 2.24) is 10.2 Å². The number of fused-ring (bicyclic) bond motifs is 1. The predicted molar refractivity (Wildman–Crippen MR) is 108 cm³/mol. The summed E-state index contributed by atoms with van der Waals surface area (Å²) >= 11 is 0. The molecule has 0 radical (unpaired) electrons. The molecule has 2 aromatic rings. The number of halogens is 1. The highest BCUT2D eigenvalue weighted by molar-refractivity contribution is 5.74. The molecule has 0 atom stereocenters. The van der Waals surface area contributed by atoms with Crippen LogP contribution in [0.15, 0.2) is 36.4 Å². The molecule has 0 saturated carbocycles. The highest BCUT2D eigenvalue weighted by atomic mass is 19.1. The van der Waals surface area contributed by atoms with Gasteiger partial charge in [0.25, 0.3) is 0 Å². The number of carbonyl (C=O) groups excluding carboxylic acids is 1. The SMILES string of the molecule is COc1cc2c(cc1OC)CN(C(=O)NCCCCOc1ccc(F)cc1)CC2. The van der Waals surface area contributed by atoms with Crippen LogP contribution in [0.25, 0.3) is 0 Å². The maximum atomic E-state index is 12.8. The molecule has 0 saturated heterocycles. The zero-order valence-corrected chi connectivity index (χ0v) is 16.9. The average molecular weight is 402 g/mol. The van der Waals surface area contributed by atoms with Crippen molar-refractivity contribution in [3.63, 3.8) is 0 Å². The van der Waals surface area contributed by atoms with Crippen molar-refractivity contribution in [3.8, 4) is 17.2 Å². The van der Waals surface area contributed by atoms with Gasteiger partial charge in [-0.15, -0.1) is 0 Å². The molecule has 7 heteroatoms. The number of methoxy groups -OCH3 is 2. The van der Waals surface area contributed by atoms with Crippen LogP contribution in [0.5, 0.6) is 17.2 Å². The summed E-state index contributed by atoms with van der Waals surface area (Å²) in [5.41, 5.74) is 2.27. The van der Waals surface area contributed by atoms with E-state index >= 15 is 0 Å². The number of unbranched alkanes of at least 4 members (excludes halogenated alkanes) is 1. The Labute approximate surface area is 170 Å². The number of hydrogen-bond donors (Lipinski definition) is 1. The Morgan fingerprint density at radius 3 is 2.45 bits per heavy atom. The van der Waals surface area contributed by atoms with E-state index in [4.69, 9.17) is 14.2 Å². The molecule has 2 amide bonds. The topological polar surface area (TPSA) is 60.0 Å². The molecule has 1 heterocycles. The number of urea groups is 1. The van der Waals surface area contributed by atoms with Crippen molar-refractivity contribution in [1.29, 1.82) is 0 Å². The van der Waals surface area contributed by atoms with Crippen molar-refractivity contribution < 1.29 is 23.4 Å². The second-order valence-corrected chi connectivity index (χ2v) is 6.89. The van der Waals surface area contributed by atoms with Gasteiger partial charge in [-0.05, 0) is 66.8 Å². The highest BCUT2D eigenvalue weighted by Gasteiger charge is 2.22. The van der Waals surface area contributed by atoms with E-state index in [-0.39, 0.29) is 11.8 Å². The third kappa shape index (κ3) is 5.53. The molecular formula is C22H27FN2O4. The van der Waals surface area contributed by atoms with Crippen LogP contribution in [-0.2, 0) is 13.0 Å². The van der Waals surface area contributed by atoms with Crippen molar-refractivity contribution >= 4 is 6.03 Å². The van der Waals surface area contributed by atoms with Gasteiger partial charge in [0, 0.05) is 19.6 Å². The van der Waals surface area contributed by atoms with Gasteiger partial charge >= 0.3 is 6.03 Å². The number of nitrogens with one attached hydrogen (secondary N) is 1. The van der Waals surface area contributed by atoms with E-state index in [1.54, 1.807) is 26.4 Å². The van der Waals surface area contributed by atoms with E-state index < -0.39 is 0 Å². The first-order chi connectivity index (χ1) is 14.1. The van der Waals surface area contributed by atoms with Crippen LogP contribution in [0, 0.1) is 5.82 Å². The number of ether oxygens (including phenoxy) is 3. The predicted octanol–water partition coefficient (Wildman–Crippen LogP) is 3.77. The Balaban J connectivity index is 1.39. The Morgan fingerprint density at radius 1 is 1.07 bits per heavy atom. The maximum absolute atomic E-state index is 12.8. The van der Waals surface area contributed by atoms with Gasteiger partial charge < -0.3 is 24.4 Å². The number of hydrogen-bond acceptors (Lipinski definition) is 4. The van der Waals surface area contributed by atoms with Crippen molar-refractivity contribution in [2.24, 2.45) is 0 Å². The number of amides is 2. The number of nitrogens with zero attached hydrogens (tertiary/aromatic N) is 1. The van der Waals surface area contributed by atoms with Crippen LogP contribution >= 0.6 is 0 Å². The Kier molecular flexibility index (Phi) is 7.16. The summed E-state index contributed by atoms with van der Waals surface area (Å²) in [7, 11) is 3.23. The van der Waals surface area contributed by atoms with Gasteiger partial charge in [-0.2, -0.15) is 0 Å². The van der Waals surface area contributed by atoms with Crippen molar-refractivity contribution in [2.75, 3.05) is 33.9 Å². The molecule has 6 nitrogen and oxygen atoms in total. The summed E-state index contributed by atoms with van der Waals surface area (Å²) in [5, 5.41) is 2.97. The monoisotopic (exact) mass is 402 g/mol. The van der Waals surface area contributed by atoms with Crippen LogP contribution in [0.4, 0.5) is 9.18 Å². The Morgan fingerprint density at radius 2 is 1.76 bits per heavy atom. The normalized spacial score (nSPS) is 12.9. The Bertz CT molecular complexity index is 826.